The van der Waals surface area contributed by atoms with Gasteiger partial charge < -0.3 is 14.8 Å². The van der Waals surface area contributed by atoms with E-state index in [4.69, 9.17) is 9.47 Å². The molecular weight excluding hydrogens is 432 g/mol. The summed E-state index contributed by atoms with van der Waals surface area (Å²) in [5.41, 5.74) is 2.85. The van der Waals surface area contributed by atoms with Gasteiger partial charge in [-0.25, -0.2) is 4.79 Å². The van der Waals surface area contributed by atoms with Crippen LogP contribution in [-0.2, 0) is 20.8 Å². The van der Waals surface area contributed by atoms with Crippen molar-refractivity contribution in [2.24, 2.45) is 0 Å². The summed E-state index contributed by atoms with van der Waals surface area (Å²) in [7, 11) is 0. The van der Waals surface area contributed by atoms with E-state index in [9.17, 15) is 9.59 Å². The minimum absolute atomic E-state index is 0.0204. The van der Waals surface area contributed by atoms with Crippen LogP contribution in [0.1, 0.15) is 59.4 Å². The Morgan fingerprint density at radius 3 is 2.50 bits per heavy atom. The van der Waals surface area contributed by atoms with Gasteiger partial charge >= 0.3 is 5.97 Å². The topological polar surface area (TPSA) is 85.7 Å². The average Bonchev–Trinajstić information content (AvgIpc) is 3.15. The molecule has 8 heteroatoms. The Kier molecular flexibility index (Phi) is 8.00. The van der Waals surface area contributed by atoms with Gasteiger partial charge in [-0.3, -0.25) is 14.4 Å². The standard InChI is InChI=1S/C26H36N4O4/c1-20-24(21(2)30(28-20)17-22-9-5-3-6-10-22)25(32)34-18-23(31)27-19-26(11-7-4-8-12-26)29-13-15-33-16-14-29/h3,5-6,9-10H,4,7-8,11-19H2,1-2H3,(H,27,31). The largest absolute Gasteiger partial charge is 0.452 e. The van der Waals surface area contributed by atoms with Crippen LogP contribution < -0.4 is 5.32 Å². The van der Waals surface area contributed by atoms with Crippen molar-refractivity contribution >= 4 is 11.9 Å². The zero-order valence-electron chi connectivity index (χ0n) is 20.3. The number of aryl methyl sites for hydroxylation is 1. The molecule has 8 nitrogen and oxygen atoms in total. The smallest absolute Gasteiger partial charge is 0.342 e. The Labute approximate surface area is 201 Å². The second-order valence-corrected chi connectivity index (χ2v) is 9.43. The molecule has 0 radical (unpaired) electrons. The van der Waals surface area contributed by atoms with Gasteiger partial charge in [0.05, 0.1) is 31.1 Å². The van der Waals surface area contributed by atoms with E-state index in [1.54, 1.807) is 11.6 Å². The summed E-state index contributed by atoms with van der Waals surface area (Å²) < 4.78 is 12.7. The average molecular weight is 469 g/mol. The second-order valence-electron chi connectivity index (χ2n) is 9.43. The van der Waals surface area contributed by atoms with Crippen molar-refractivity contribution in [2.45, 2.75) is 58.0 Å². The van der Waals surface area contributed by atoms with Gasteiger partial charge in [-0.1, -0.05) is 49.6 Å². The third-order valence-electron chi connectivity index (χ3n) is 7.18. The second kappa shape index (κ2) is 11.1. The van der Waals surface area contributed by atoms with Gasteiger partial charge in [-0.15, -0.1) is 0 Å². The molecule has 34 heavy (non-hydrogen) atoms. The highest BCUT2D eigenvalue weighted by Gasteiger charge is 2.38. The predicted molar refractivity (Wildman–Crippen MR) is 129 cm³/mol. The zero-order valence-corrected chi connectivity index (χ0v) is 20.3. The normalized spacial score (nSPS) is 18.4. The first-order valence-electron chi connectivity index (χ1n) is 12.3. The first-order chi connectivity index (χ1) is 16.5. The molecule has 1 saturated heterocycles. The Morgan fingerprint density at radius 2 is 1.79 bits per heavy atom. The van der Waals surface area contributed by atoms with Gasteiger partial charge in [0.1, 0.15) is 5.56 Å². The van der Waals surface area contributed by atoms with Gasteiger partial charge in [0.25, 0.3) is 5.91 Å². The third kappa shape index (κ3) is 5.67. The number of ether oxygens (including phenoxy) is 2. The van der Waals surface area contributed by atoms with Crippen molar-refractivity contribution in [1.29, 1.82) is 0 Å². The number of hydrogen-bond donors (Lipinski definition) is 1. The van der Waals surface area contributed by atoms with Gasteiger partial charge in [-0.2, -0.15) is 5.10 Å². The molecule has 0 atom stereocenters. The monoisotopic (exact) mass is 468 g/mol. The lowest BCUT2D eigenvalue weighted by atomic mass is 9.79. The summed E-state index contributed by atoms with van der Waals surface area (Å²) in [6.45, 7) is 7.79. The summed E-state index contributed by atoms with van der Waals surface area (Å²) in [4.78, 5) is 27.9. The van der Waals surface area contributed by atoms with Crippen LogP contribution in [-0.4, -0.2) is 71.6 Å². The predicted octanol–water partition coefficient (Wildman–Crippen LogP) is 2.86. The van der Waals surface area contributed by atoms with E-state index in [1.807, 2.05) is 37.3 Å². The van der Waals surface area contributed by atoms with Crippen LogP contribution in [0, 0.1) is 13.8 Å². The first-order valence-corrected chi connectivity index (χ1v) is 12.3. The molecule has 0 unspecified atom stereocenters. The fourth-order valence-electron chi connectivity index (χ4n) is 5.27. The maximum absolute atomic E-state index is 12.8. The molecule has 1 aromatic heterocycles. The number of hydrogen-bond acceptors (Lipinski definition) is 6. The van der Waals surface area contributed by atoms with Gasteiger partial charge in [0.15, 0.2) is 6.61 Å². The van der Waals surface area contributed by atoms with Crippen LogP contribution in [0.2, 0.25) is 0 Å². The molecule has 1 aromatic carbocycles. The number of aromatic nitrogens is 2. The maximum Gasteiger partial charge on any atom is 0.342 e. The highest BCUT2D eigenvalue weighted by molar-refractivity contribution is 5.93. The van der Waals surface area contributed by atoms with Crippen molar-refractivity contribution in [2.75, 3.05) is 39.5 Å². The van der Waals surface area contributed by atoms with Crippen molar-refractivity contribution < 1.29 is 19.1 Å². The Morgan fingerprint density at radius 1 is 1.09 bits per heavy atom. The molecule has 184 valence electrons. The van der Waals surface area contributed by atoms with Gasteiger partial charge in [-0.05, 0) is 32.3 Å². The molecule has 1 aliphatic heterocycles. The molecule has 2 aliphatic rings. The fraction of sp³-hybridized carbons (Fsp3) is 0.577. The molecule has 1 amide bonds. The number of carbonyl (C=O) groups is 2. The number of nitrogens with one attached hydrogen (secondary N) is 1. The van der Waals surface area contributed by atoms with Crippen LogP contribution >= 0.6 is 0 Å². The number of esters is 1. The van der Waals surface area contributed by atoms with E-state index in [-0.39, 0.29) is 18.1 Å². The number of rotatable bonds is 8. The third-order valence-corrected chi connectivity index (χ3v) is 7.18. The summed E-state index contributed by atoms with van der Waals surface area (Å²) in [5.74, 6) is -0.774. The van der Waals surface area contributed by atoms with Crippen LogP contribution in [0.25, 0.3) is 0 Å². The Hall–Kier alpha value is -2.71. The van der Waals surface area contributed by atoms with Gasteiger partial charge in [0.2, 0.25) is 0 Å². The summed E-state index contributed by atoms with van der Waals surface area (Å²) in [6, 6.07) is 9.97. The van der Waals surface area contributed by atoms with Crippen molar-refractivity contribution in [3.05, 3.63) is 52.8 Å². The number of amides is 1. The Balaban J connectivity index is 1.32. The molecule has 2 fully saturated rings. The van der Waals surface area contributed by atoms with Crippen molar-refractivity contribution in [3.63, 3.8) is 0 Å². The minimum atomic E-state index is -0.509. The van der Waals surface area contributed by atoms with Gasteiger partial charge in [0, 0.05) is 25.2 Å². The lowest BCUT2D eigenvalue weighted by Crippen LogP contribution is -2.59. The first kappa shape index (κ1) is 24.4. The number of nitrogens with zero attached hydrogens (tertiary/aromatic N) is 3. The number of morpholine rings is 1. The molecule has 0 spiro atoms. The molecule has 0 bridgehead atoms. The molecule has 2 heterocycles. The lowest BCUT2D eigenvalue weighted by molar-refractivity contribution is -0.125. The van der Waals surface area contributed by atoms with Crippen LogP contribution in [0.3, 0.4) is 0 Å². The van der Waals surface area contributed by atoms with Crippen molar-refractivity contribution in [1.82, 2.24) is 20.0 Å². The molecule has 1 aliphatic carbocycles. The van der Waals surface area contributed by atoms with E-state index in [2.05, 4.69) is 15.3 Å². The molecule has 1 N–H and O–H groups in total. The summed E-state index contributed by atoms with van der Waals surface area (Å²) in [5, 5.41) is 7.56. The number of carbonyl (C=O) groups excluding carboxylic acids is 2. The van der Waals surface area contributed by atoms with Crippen LogP contribution in [0.5, 0.6) is 0 Å². The Bertz CT molecular complexity index is 976. The number of benzene rings is 1. The molecule has 1 saturated carbocycles. The lowest BCUT2D eigenvalue weighted by Gasteiger charge is -2.48. The van der Waals surface area contributed by atoms with Crippen LogP contribution in [0.4, 0.5) is 0 Å². The summed E-state index contributed by atoms with van der Waals surface area (Å²) in [6.07, 6.45) is 5.74. The van der Waals surface area contributed by atoms with E-state index in [0.29, 0.717) is 24.3 Å². The SMILES string of the molecule is Cc1nn(Cc2ccccc2)c(C)c1C(=O)OCC(=O)NCC1(N2CCOCC2)CCCCC1. The van der Waals surface area contributed by atoms with E-state index in [0.717, 1.165) is 50.4 Å². The maximum atomic E-state index is 12.8. The molecule has 2 aromatic rings. The fourth-order valence-corrected chi connectivity index (χ4v) is 5.27. The quantitative estimate of drug-likeness (QED) is 0.600. The minimum Gasteiger partial charge on any atom is -0.452 e. The van der Waals surface area contributed by atoms with E-state index < -0.39 is 5.97 Å². The highest BCUT2D eigenvalue weighted by atomic mass is 16.5. The van der Waals surface area contributed by atoms with E-state index >= 15 is 0 Å². The molecule has 4 rings (SSSR count). The highest BCUT2D eigenvalue weighted by Crippen LogP contribution is 2.33. The molecular formula is C26H36N4O4. The van der Waals surface area contributed by atoms with Crippen LogP contribution in [0.15, 0.2) is 30.3 Å². The summed E-state index contributed by atoms with van der Waals surface area (Å²) >= 11 is 0. The van der Waals surface area contributed by atoms with Crippen molar-refractivity contribution in [3.8, 4) is 0 Å². The van der Waals surface area contributed by atoms with E-state index in [1.165, 1.54) is 19.3 Å². The zero-order chi connectivity index (χ0) is 24.0.